The van der Waals surface area contributed by atoms with Gasteiger partial charge in [-0.2, -0.15) is 0 Å². The topological polar surface area (TPSA) is 66.8 Å². The van der Waals surface area contributed by atoms with Crippen LogP contribution in [0.1, 0.15) is 31.7 Å². The minimum absolute atomic E-state index is 0.168. The van der Waals surface area contributed by atoms with Gasteiger partial charge in [0.1, 0.15) is 18.5 Å². The molecule has 2 N–H and O–H groups in total. The van der Waals surface area contributed by atoms with E-state index in [0.717, 1.165) is 12.0 Å². The SMILES string of the molecule is CCCC=C(O)[C@@H](O)CC(=O)OCc1ccccc1. The summed E-state index contributed by atoms with van der Waals surface area (Å²) < 4.78 is 5.02. The minimum atomic E-state index is -1.19. The summed E-state index contributed by atoms with van der Waals surface area (Å²) in [6, 6.07) is 9.30. The summed E-state index contributed by atoms with van der Waals surface area (Å²) in [5.74, 6) is -0.702. The van der Waals surface area contributed by atoms with Crippen LogP contribution in [-0.2, 0) is 16.1 Å². The van der Waals surface area contributed by atoms with Gasteiger partial charge in [0.2, 0.25) is 0 Å². The average Bonchev–Trinajstić information content (AvgIpc) is 2.43. The van der Waals surface area contributed by atoms with Crippen LogP contribution < -0.4 is 0 Å². The van der Waals surface area contributed by atoms with Gasteiger partial charge in [-0.3, -0.25) is 4.79 Å². The van der Waals surface area contributed by atoms with Crippen molar-refractivity contribution in [2.24, 2.45) is 0 Å². The van der Waals surface area contributed by atoms with Crippen molar-refractivity contribution in [1.82, 2.24) is 0 Å². The summed E-state index contributed by atoms with van der Waals surface area (Å²) in [4.78, 5) is 11.5. The first-order valence-electron chi connectivity index (χ1n) is 6.40. The van der Waals surface area contributed by atoms with E-state index in [4.69, 9.17) is 4.74 Å². The molecule has 1 rings (SSSR count). The van der Waals surface area contributed by atoms with Crippen molar-refractivity contribution >= 4 is 5.97 Å². The van der Waals surface area contributed by atoms with Gasteiger partial charge in [0.25, 0.3) is 0 Å². The van der Waals surface area contributed by atoms with Gasteiger partial charge in [0.15, 0.2) is 0 Å². The summed E-state index contributed by atoms with van der Waals surface area (Å²) >= 11 is 0. The Labute approximate surface area is 113 Å². The Morgan fingerprint density at radius 2 is 2.05 bits per heavy atom. The van der Waals surface area contributed by atoms with E-state index in [1.807, 2.05) is 37.3 Å². The Balaban J connectivity index is 2.35. The van der Waals surface area contributed by atoms with Gasteiger partial charge in [-0.15, -0.1) is 0 Å². The molecule has 4 heteroatoms. The Kier molecular flexibility index (Phi) is 6.68. The van der Waals surface area contributed by atoms with Crippen molar-refractivity contribution in [1.29, 1.82) is 0 Å². The fourth-order valence-electron chi connectivity index (χ4n) is 1.49. The monoisotopic (exact) mass is 264 g/mol. The lowest BCUT2D eigenvalue weighted by Crippen LogP contribution is -2.17. The third-order valence-corrected chi connectivity index (χ3v) is 2.59. The van der Waals surface area contributed by atoms with Crippen molar-refractivity contribution in [3.63, 3.8) is 0 Å². The second-order valence-corrected chi connectivity index (χ2v) is 4.28. The van der Waals surface area contributed by atoms with E-state index in [1.54, 1.807) is 0 Å². The number of aliphatic hydroxyl groups excluding tert-OH is 2. The molecule has 1 atom stereocenters. The van der Waals surface area contributed by atoms with Crippen LogP contribution in [0.4, 0.5) is 0 Å². The Morgan fingerprint density at radius 3 is 2.68 bits per heavy atom. The van der Waals surface area contributed by atoms with E-state index < -0.39 is 12.1 Å². The maximum atomic E-state index is 11.5. The van der Waals surface area contributed by atoms with Crippen LogP contribution in [0.15, 0.2) is 42.2 Å². The number of hydrogen-bond donors (Lipinski definition) is 2. The molecule has 0 aliphatic carbocycles. The molecule has 19 heavy (non-hydrogen) atoms. The van der Waals surface area contributed by atoms with E-state index in [2.05, 4.69) is 0 Å². The Bertz CT molecular complexity index is 411. The zero-order valence-corrected chi connectivity index (χ0v) is 11.1. The van der Waals surface area contributed by atoms with Crippen LogP contribution >= 0.6 is 0 Å². The van der Waals surface area contributed by atoms with Crippen molar-refractivity contribution in [2.75, 3.05) is 0 Å². The molecule has 0 heterocycles. The molecule has 0 amide bonds. The Hall–Kier alpha value is -1.81. The van der Waals surface area contributed by atoms with Gasteiger partial charge in [0, 0.05) is 0 Å². The minimum Gasteiger partial charge on any atom is -0.510 e. The molecule has 0 saturated heterocycles. The van der Waals surface area contributed by atoms with Crippen LogP contribution in [0.5, 0.6) is 0 Å². The highest BCUT2D eigenvalue weighted by molar-refractivity contribution is 5.70. The van der Waals surface area contributed by atoms with Crippen LogP contribution in [0.3, 0.4) is 0 Å². The number of carbonyl (C=O) groups is 1. The molecule has 4 nitrogen and oxygen atoms in total. The number of hydrogen-bond acceptors (Lipinski definition) is 4. The predicted molar refractivity (Wildman–Crippen MR) is 72.5 cm³/mol. The summed E-state index contributed by atoms with van der Waals surface area (Å²) in [5, 5.41) is 19.1. The summed E-state index contributed by atoms with van der Waals surface area (Å²) in [5.41, 5.74) is 0.885. The first kappa shape index (κ1) is 15.2. The molecule has 0 unspecified atom stereocenters. The maximum Gasteiger partial charge on any atom is 0.309 e. The quantitative estimate of drug-likeness (QED) is 0.587. The zero-order chi connectivity index (χ0) is 14.1. The number of carbonyl (C=O) groups excluding carboxylic acids is 1. The van der Waals surface area contributed by atoms with Gasteiger partial charge in [-0.25, -0.2) is 0 Å². The molecule has 0 radical (unpaired) electrons. The van der Waals surface area contributed by atoms with Gasteiger partial charge in [-0.05, 0) is 18.1 Å². The third-order valence-electron chi connectivity index (χ3n) is 2.59. The van der Waals surface area contributed by atoms with E-state index >= 15 is 0 Å². The fraction of sp³-hybridized carbons (Fsp3) is 0.400. The molecule has 104 valence electrons. The normalized spacial score (nSPS) is 13.1. The lowest BCUT2D eigenvalue weighted by molar-refractivity contribution is -0.147. The molecule has 1 aromatic carbocycles. The number of unbranched alkanes of at least 4 members (excludes halogenated alkanes) is 1. The number of aliphatic hydroxyl groups is 2. The van der Waals surface area contributed by atoms with Crippen molar-refractivity contribution < 1.29 is 19.7 Å². The van der Waals surface area contributed by atoms with Crippen LogP contribution in [0, 0.1) is 0 Å². The fourth-order valence-corrected chi connectivity index (χ4v) is 1.49. The zero-order valence-electron chi connectivity index (χ0n) is 11.1. The second kappa shape index (κ2) is 8.32. The molecule has 0 fully saturated rings. The van der Waals surface area contributed by atoms with Gasteiger partial charge in [-0.1, -0.05) is 43.7 Å². The average molecular weight is 264 g/mol. The molecule has 0 spiro atoms. The van der Waals surface area contributed by atoms with E-state index in [-0.39, 0.29) is 18.8 Å². The van der Waals surface area contributed by atoms with E-state index in [1.165, 1.54) is 6.08 Å². The second-order valence-electron chi connectivity index (χ2n) is 4.28. The highest BCUT2D eigenvalue weighted by Crippen LogP contribution is 2.08. The van der Waals surface area contributed by atoms with Crippen molar-refractivity contribution in [3.8, 4) is 0 Å². The molecule has 0 aromatic heterocycles. The summed E-state index contributed by atoms with van der Waals surface area (Å²) in [6.45, 7) is 2.14. The van der Waals surface area contributed by atoms with Gasteiger partial charge >= 0.3 is 5.97 Å². The number of allylic oxidation sites excluding steroid dienone is 1. The highest BCUT2D eigenvalue weighted by Gasteiger charge is 2.15. The van der Waals surface area contributed by atoms with E-state index in [0.29, 0.717) is 6.42 Å². The van der Waals surface area contributed by atoms with Crippen molar-refractivity contribution in [2.45, 2.75) is 38.9 Å². The number of ether oxygens (including phenoxy) is 1. The molecule has 0 aliphatic rings. The summed E-state index contributed by atoms with van der Waals surface area (Å²) in [7, 11) is 0. The third kappa shape index (κ3) is 6.06. The smallest absolute Gasteiger partial charge is 0.309 e. The first-order valence-corrected chi connectivity index (χ1v) is 6.40. The molecule has 0 saturated carbocycles. The maximum absolute atomic E-state index is 11.5. The highest BCUT2D eigenvalue weighted by atomic mass is 16.5. The number of esters is 1. The predicted octanol–water partition coefficient (Wildman–Crippen LogP) is 2.72. The van der Waals surface area contributed by atoms with Crippen LogP contribution in [0.2, 0.25) is 0 Å². The Morgan fingerprint density at radius 1 is 1.37 bits per heavy atom. The van der Waals surface area contributed by atoms with Crippen molar-refractivity contribution in [3.05, 3.63) is 47.7 Å². The number of rotatable bonds is 7. The lowest BCUT2D eigenvalue weighted by atomic mass is 10.2. The van der Waals surface area contributed by atoms with Crippen LogP contribution in [-0.4, -0.2) is 22.3 Å². The summed E-state index contributed by atoms with van der Waals surface area (Å²) in [6.07, 6.45) is 1.64. The molecular weight excluding hydrogens is 244 g/mol. The van der Waals surface area contributed by atoms with E-state index in [9.17, 15) is 15.0 Å². The molecule has 0 bridgehead atoms. The molecule has 0 aliphatic heterocycles. The molecular formula is C15H20O4. The van der Waals surface area contributed by atoms with Gasteiger partial charge < -0.3 is 14.9 Å². The number of benzene rings is 1. The van der Waals surface area contributed by atoms with Gasteiger partial charge in [0.05, 0.1) is 6.42 Å². The largest absolute Gasteiger partial charge is 0.510 e. The molecule has 1 aromatic rings. The van der Waals surface area contributed by atoms with Crippen LogP contribution in [0.25, 0.3) is 0 Å². The lowest BCUT2D eigenvalue weighted by Gasteiger charge is -2.10. The standard InChI is InChI=1S/C15H20O4/c1-2-3-9-13(16)14(17)10-15(18)19-11-12-7-5-4-6-8-12/h4-9,14,16-17H,2-3,10-11H2,1H3/t14-/m0/s1. The first-order chi connectivity index (χ1) is 9.13.